The summed E-state index contributed by atoms with van der Waals surface area (Å²) in [6, 6.07) is 18.3. The van der Waals surface area contributed by atoms with Gasteiger partial charge < -0.3 is 23.7 Å². The molecule has 2 aliphatic heterocycles. The maximum absolute atomic E-state index is 14.0. The molecule has 6 atom stereocenters. The highest BCUT2D eigenvalue weighted by Crippen LogP contribution is 2.41. The van der Waals surface area contributed by atoms with Gasteiger partial charge in [0.1, 0.15) is 30.7 Å². The first-order valence-electron chi connectivity index (χ1n) is 14.6. The molecule has 0 saturated carbocycles. The Balaban J connectivity index is 1.29. The lowest BCUT2D eigenvalue weighted by atomic mass is 9.84. The summed E-state index contributed by atoms with van der Waals surface area (Å²) >= 11 is 6.62. The van der Waals surface area contributed by atoms with E-state index in [1.807, 2.05) is 56.3 Å². The largest absolute Gasteiger partial charge is 0.490 e. The molecule has 228 valence electrons. The number of carbonyl (C=O) groups excluding carboxylic acids is 2. The van der Waals surface area contributed by atoms with Crippen LogP contribution in [0.4, 0.5) is 4.39 Å². The topological polar surface area (TPSA) is 80.3 Å². The fourth-order valence-electron chi connectivity index (χ4n) is 5.91. The molecule has 0 radical (unpaired) electrons. The van der Waals surface area contributed by atoms with Gasteiger partial charge in [0.2, 0.25) is 0 Å². The fourth-order valence-corrected chi connectivity index (χ4v) is 6.09. The standard InChI is InChI=1S/C34H36ClFO7/c1-5-30-19(2)31(40-20(3)37)34(41-21(4)38)33(43-30)24-11-14-28(35)25(16-24)15-22-9-12-26(13-10-22)39-18-27-17-23-7-6-8-29(36)32(23)42-27/h6-14,16,19,27,30-31,33-34H,5,15,17-18H2,1-4H3/t19-,27?,30-,31+,33+,34-/m1/s1. The highest BCUT2D eigenvalue weighted by Gasteiger charge is 2.47. The van der Waals surface area contributed by atoms with Crippen molar-refractivity contribution in [1.82, 2.24) is 0 Å². The first-order chi connectivity index (χ1) is 20.6. The minimum atomic E-state index is -0.808. The molecule has 7 nitrogen and oxygen atoms in total. The van der Waals surface area contributed by atoms with E-state index in [1.165, 1.54) is 19.9 Å². The summed E-state index contributed by atoms with van der Waals surface area (Å²) in [5, 5.41) is 0.589. The van der Waals surface area contributed by atoms with E-state index in [4.69, 9.17) is 35.3 Å². The second-order valence-electron chi connectivity index (χ2n) is 11.2. The third-order valence-electron chi connectivity index (χ3n) is 7.99. The van der Waals surface area contributed by atoms with Gasteiger partial charge in [0, 0.05) is 36.8 Å². The van der Waals surface area contributed by atoms with Gasteiger partial charge in [-0.05, 0) is 53.8 Å². The molecular formula is C34H36ClFO7. The van der Waals surface area contributed by atoms with Crippen LogP contribution in [-0.2, 0) is 36.6 Å². The summed E-state index contributed by atoms with van der Waals surface area (Å²) < 4.78 is 43.5. The van der Waals surface area contributed by atoms with Crippen molar-refractivity contribution in [2.24, 2.45) is 5.92 Å². The SMILES string of the molecule is CC[C@H]1O[C@@H](c2ccc(Cl)c(Cc3ccc(OCC4Cc5cccc(F)c5O4)cc3)c2)[C@H](OC(C)=O)[C@@H](OC(C)=O)[C@@H]1C. The van der Waals surface area contributed by atoms with E-state index in [-0.39, 0.29) is 23.9 Å². The summed E-state index contributed by atoms with van der Waals surface area (Å²) in [5.41, 5.74) is 3.51. The fraction of sp³-hybridized carbons (Fsp3) is 0.412. The number of rotatable bonds is 9. The third-order valence-corrected chi connectivity index (χ3v) is 8.36. The molecule has 0 bridgehead atoms. The number of hydrogen-bond acceptors (Lipinski definition) is 7. The Morgan fingerprint density at radius 3 is 2.40 bits per heavy atom. The van der Waals surface area contributed by atoms with E-state index in [0.29, 0.717) is 42.4 Å². The Morgan fingerprint density at radius 2 is 1.72 bits per heavy atom. The summed E-state index contributed by atoms with van der Waals surface area (Å²) in [4.78, 5) is 24.1. The molecule has 0 N–H and O–H groups in total. The first kappa shape index (κ1) is 30.8. The van der Waals surface area contributed by atoms with Crippen LogP contribution < -0.4 is 9.47 Å². The molecule has 5 rings (SSSR count). The van der Waals surface area contributed by atoms with Crippen molar-refractivity contribution < 1.29 is 37.7 Å². The zero-order valence-corrected chi connectivity index (χ0v) is 25.4. The lowest BCUT2D eigenvalue weighted by molar-refractivity contribution is -0.225. The molecule has 3 aromatic carbocycles. The molecule has 3 aromatic rings. The van der Waals surface area contributed by atoms with E-state index >= 15 is 0 Å². The van der Waals surface area contributed by atoms with Gasteiger partial charge in [-0.25, -0.2) is 4.39 Å². The van der Waals surface area contributed by atoms with E-state index in [0.717, 1.165) is 22.3 Å². The Kier molecular flexibility index (Phi) is 9.57. The average Bonchev–Trinajstić information content (AvgIpc) is 3.40. The number of ether oxygens (including phenoxy) is 5. The second-order valence-corrected chi connectivity index (χ2v) is 11.6. The van der Waals surface area contributed by atoms with Gasteiger partial charge in [0.05, 0.1) is 6.10 Å². The molecule has 2 heterocycles. The van der Waals surface area contributed by atoms with Crippen molar-refractivity contribution in [2.45, 2.75) is 77.5 Å². The molecule has 1 unspecified atom stereocenters. The van der Waals surface area contributed by atoms with Crippen LogP contribution in [0.2, 0.25) is 5.02 Å². The summed E-state index contributed by atoms with van der Waals surface area (Å²) in [7, 11) is 0. The smallest absolute Gasteiger partial charge is 0.303 e. The van der Waals surface area contributed by atoms with Crippen LogP contribution in [0.25, 0.3) is 0 Å². The number of halogens is 2. The number of carbonyl (C=O) groups is 2. The second kappa shape index (κ2) is 13.3. The van der Waals surface area contributed by atoms with Gasteiger partial charge in [-0.15, -0.1) is 0 Å². The Hall–Kier alpha value is -3.62. The van der Waals surface area contributed by atoms with Gasteiger partial charge in [0.15, 0.2) is 17.7 Å². The molecule has 0 amide bonds. The van der Waals surface area contributed by atoms with Gasteiger partial charge in [-0.2, -0.15) is 0 Å². The molecule has 9 heteroatoms. The maximum Gasteiger partial charge on any atom is 0.303 e. The van der Waals surface area contributed by atoms with Crippen LogP contribution in [0, 0.1) is 11.7 Å². The number of benzene rings is 3. The summed E-state index contributed by atoms with van der Waals surface area (Å²) in [5.74, 6) is -0.453. The number of hydrogen-bond donors (Lipinski definition) is 0. The zero-order chi connectivity index (χ0) is 30.7. The van der Waals surface area contributed by atoms with Crippen molar-refractivity contribution in [3.63, 3.8) is 0 Å². The third kappa shape index (κ3) is 7.13. The normalized spacial score (nSPS) is 24.5. The van der Waals surface area contributed by atoms with Crippen LogP contribution in [0.3, 0.4) is 0 Å². The highest BCUT2D eigenvalue weighted by molar-refractivity contribution is 6.31. The van der Waals surface area contributed by atoms with Gasteiger partial charge in [0.25, 0.3) is 0 Å². The van der Waals surface area contributed by atoms with Crippen molar-refractivity contribution in [2.75, 3.05) is 6.61 Å². The number of para-hydroxylation sites is 1. The van der Waals surface area contributed by atoms with Crippen molar-refractivity contribution >= 4 is 23.5 Å². The van der Waals surface area contributed by atoms with Crippen molar-refractivity contribution in [3.05, 3.63) is 93.8 Å². The molecule has 0 aromatic heterocycles. The Morgan fingerprint density at radius 1 is 1.00 bits per heavy atom. The molecule has 0 aliphatic carbocycles. The Labute approximate surface area is 256 Å². The average molecular weight is 611 g/mol. The van der Waals surface area contributed by atoms with E-state index < -0.39 is 30.3 Å². The summed E-state index contributed by atoms with van der Waals surface area (Å²) in [6.07, 6.45) is -0.705. The molecule has 2 aliphatic rings. The van der Waals surface area contributed by atoms with Crippen molar-refractivity contribution in [3.8, 4) is 11.5 Å². The Bertz CT molecular complexity index is 1460. The van der Waals surface area contributed by atoms with Gasteiger partial charge >= 0.3 is 11.9 Å². The lowest BCUT2D eigenvalue weighted by Gasteiger charge is -2.44. The summed E-state index contributed by atoms with van der Waals surface area (Å²) in [6.45, 7) is 6.93. The predicted octanol–water partition coefficient (Wildman–Crippen LogP) is 6.80. The molecule has 43 heavy (non-hydrogen) atoms. The zero-order valence-electron chi connectivity index (χ0n) is 24.7. The number of fused-ring (bicyclic) bond motifs is 1. The molecule has 0 spiro atoms. The highest BCUT2D eigenvalue weighted by atomic mass is 35.5. The van der Waals surface area contributed by atoms with Crippen LogP contribution >= 0.6 is 11.6 Å². The van der Waals surface area contributed by atoms with E-state index in [1.54, 1.807) is 12.1 Å². The van der Waals surface area contributed by atoms with Crippen LogP contribution in [0.1, 0.15) is 62.5 Å². The van der Waals surface area contributed by atoms with Gasteiger partial charge in [-0.3, -0.25) is 9.59 Å². The lowest BCUT2D eigenvalue weighted by Crippen LogP contribution is -2.52. The minimum absolute atomic E-state index is 0.168. The van der Waals surface area contributed by atoms with Crippen LogP contribution in [0.15, 0.2) is 60.7 Å². The first-order valence-corrected chi connectivity index (χ1v) is 14.9. The quantitative estimate of drug-likeness (QED) is 0.246. The molecule has 1 fully saturated rings. The molecular weight excluding hydrogens is 575 g/mol. The van der Waals surface area contributed by atoms with Crippen LogP contribution in [0.5, 0.6) is 11.5 Å². The number of esters is 2. The minimum Gasteiger partial charge on any atom is -0.490 e. The monoisotopic (exact) mass is 610 g/mol. The van der Waals surface area contributed by atoms with Crippen LogP contribution in [-0.4, -0.2) is 43.0 Å². The maximum atomic E-state index is 14.0. The van der Waals surface area contributed by atoms with Crippen molar-refractivity contribution in [1.29, 1.82) is 0 Å². The predicted molar refractivity (Wildman–Crippen MR) is 159 cm³/mol. The van der Waals surface area contributed by atoms with Gasteiger partial charge in [-0.1, -0.05) is 61.8 Å². The van der Waals surface area contributed by atoms with E-state index in [9.17, 15) is 14.0 Å². The molecule has 1 saturated heterocycles. The van der Waals surface area contributed by atoms with E-state index in [2.05, 4.69) is 0 Å².